The highest BCUT2D eigenvalue weighted by molar-refractivity contribution is 5.94. The Morgan fingerprint density at radius 3 is 2.70 bits per heavy atom. The van der Waals surface area contributed by atoms with Gasteiger partial charge in [0.25, 0.3) is 11.8 Å². The highest BCUT2D eigenvalue weighted by Crippen LogP contribution is 2.25. The maximum atomic E-state index is 13.7. The van der Waals surface area contributed by atoms with E-state index in [1.807, 2.05) is 0 Å². The number of rotatable bonds is 3. The number of halogens is 1. The average molecular weight is 370 g/mol. The van der Waals surface area contributed by atoms with Crippen LogP contribution >= 0.6 is 0 Å². The minimum atomic E-state index is -0.359. The molecule has 8 nitrogen and oxygen atoms in total. The summed E-state index contributed by atoms with van der Waals surface area (Å²) in [4.78, 5) is 18.5. The molecule has 27 heavy (non-hydrogen) atoms. The van der Waals surface area contributed by atoms with Crippen LogP contribution in [-0.4, -0.2) is 49.0 Å². The van der Waals surface area contributed by atoms with Gasteiger partial charge in [-0.25, -0.2) is 9.07 Å². The summed E-state index contributed by atoms with van der Waals surface area (Å²) >= 11 is 0. The Bertz CT molecular complexity index is 974. The van der Waals surface area contributed by atoms with E-state index in [1.54, 1.807) is 41.8 Å². The highest BCUT2D eigenvalue weighted by atomic mass is 19.1. The first-order valence-electron chi connectivity index (χ1n) is 8.79. The summed E-state index contributed by atoms with van der Waals surface area (Å²) < 4.78 is 20.6. The molecule has 0 aliphatic carbocycles. The number of aryl methyl sites for hydroxylation is 2. The highest BCUT2D eigenvalue weighted by Gasteiger charge is 2.26. The number of likely N-dealkylation sites (tertiary alicyclic amines) is 1. The smallest absolute Gasteiger partial charge is 0.280 e. The number of carbonyl (C=O) groups excluding carboxylic acids is 1. The van der Waals surface area contributed by atoms with E-state index in [0.717, 1.165) is 12.8 Å². The lowest BCUT2D eigenvalue weighted by atomic mass is 10.0. The van der Waals surface area contributed by atoms with Crippen molar-refractivity contribution in [2.24, 2.45) is 0 Å². The zero-order valence-corrected chi connectivity index (χ0v) is 15.1. The maximum absolute atomic E-state index is 13.7. The van der Waals surface area contributed by atoms with E-state index < -0.39 is 0 Å². The van der Waals surface area contributed by atoms with E-state index in [2.05, 4.69) is 20.5 Å². The van der Waals surface area contributed by atoms with Crippen molar-refractivity contribution in [1.29, 1.82) is 0 Å². The van der Waals surface area contributed by atoms with Crippen LogP contribution in [0.4, 0.5) is 4.39 Å². The molecule has 0 unspecified atom stereocenters. The summed E-state index contributed by atoms with van der Waals surface area (Å²) in [5.74, 6) is 0.377. The van der Waals surface area contributed by atoms with Crippen molar-refractivity contribution in [3.8, 4) is 11.6 Å². The molecular formula is C18H19FN6O2. The van der Waals surface area contributed by atoms with Crippen LogP contribution in [0.25, 0.3) is 11.6 Å². The van der Waals surface area contributed by atoms with Crippen molar-refractivity contribution in [3.63, 3.8) is 0 Å². The van der Waals surface area contributed by atoms with Gasteiger partial charge in [0.2, 0.25) is 0 Å². The molecule has 0 N–H and O–H groups in total. The van der Waals surface area contributed by atoms with Crippen molar-refractivity contribution < 1.29 is 13.7 Å². The van der Waals surface area contributed by atoms with Crippen LogP contribution in [-0.2, 0) is 0 Å². The van der Waals surface area contributed by atoms with Crippen LogP contribution in [0.1, 0.15) is 40.6 Å². The zero-order valence-electron chi connectivity index (χ0n) is 15.1. The Hall–Kier alpha value is -3.10. The Balaban J connectivity index is 1.41. The molecule has 0 spiro atoms. The first kappa shape index (κ1) is 17.3. The fraction of sp³-hybridized carbons (Fsp3) is 0.389. The Morgan fingerprint density at radius 2 is 2.04 bits per heavy atom. The second kappa shape index (κ2) is 6.90. The minimum absolute atomic E-state index is 0.133. The molecule has 1 amide bonds. The standard InChI is InChI=1S/C18H19FN6O2/c1-11-3-4-13(9-15(11)19)18(26)24-7-5-14(6-8-24)25-10-16(21-23-25)17-20-12(2)22-27-17/h3-4,9-10,14H,5-8H2,1-2H3. The normalized spacial score (nSPS) is 15.3. The van der Waals surface area contributed by atoms with Crippen LogP contribution in [0.3, 0.4) is 0 Å². The van der Waals surface area contributed by atoms with Crippen molar-refractivity contribution in [1.82, 2.24) is 30.0 Å². The number of amides is 1. The van der Waals surface area contributed by atoms with Crippen LogP contribution < -0.4 is 0 Å². The Morgan fingerprint density at radius 1 is 1.26 bits per heavy atom. The monoisotopic (exact) mass is 370 g/mol. The first-order chi connectivity index (χ1) is 13.0. The van der Waals surface area contributed by atoms with Crippen molar-refractivity contribution >= 4 is 5.91 Å². The van der Waals surface area contributed by atoms with Crippen LogP contribution in [0.2, 0.25) is 0 Å². The fourth-order valence-electron chi connectivity index (χ4n) is 3.20. The van der Waals surface area contributed by atoms with Crippen molar-refractivity contribution in [2.45, 2.75) is 32.7 Å². The Labute approximate surface area is 155 Å². The zero-order chi connectivity index (χ0) is 19.0. The van der Waals surface area contributed by atoms with Gasteiger partial charge in [-0.3, -0.25) is 4.79 Å². The molecule has 0 bridgehead atoms. The summed E-state index contributed by atoms with van der Waals surface area (Å²) in [6, 6.07) is 4.74. The number of aromatic nitrogens is 5. The summed E-state index contributed by atoms with van der Waals surface area (Å²) in [5.41, 5.74) is 1.44. The summed E-state index contributed by atoms with van der Waals surface area (Å²) in [6.45, 7) is 4.57. The molecule has 2 aromatic heterocycles. The van der Waals surface area contributed by atoms with Gasteiger partial charge in [0, 0.05) is 18.7 Å². The molecule has 4 rings (SSSR count). The lowest BCUT2D eigenvalue weighted by molar-refractivity contribution is 0.0688. The van der Waals surface area contributed by atoms with Gasteiger partial charge in [-0.05, 0) is 44.4 Å². The largest absolute Gasteiger partial charge is 0.338 e. The first-order valence-corrected chi connectivity index (χ1v) is 8.79. The van der Waals surface area contributed by atoms with Crippen LogP contribution in [0.5, 0.6) is 0 Å². The van der Waals surface area contributed by atoms with Gasteiger partial charge in [-0.1, -0.05) is 16.4 Å². The lowest BCUT2D eigenvalue weighted by Gasteiger charge is -2.31. The Kier molecular flexibility index (Phi) is 4.43. The molecule has 0 radical (unpaired) electrons. The molecule has 0 saturated carbocycles. The number of hydrogen-bond acceptors (Lipinski definition) is 6. The maximum Gasteiger partial charge on any atom is 0.280 e. The number of benzene rings is 1. The molecular weight excluding hydrogens is 351 g/mol. The average Bonchev–Trinajstić information content (AvgIpc) is 3.32. The van der Waals surface area contributed by atoms with Gasteiger partial charge >= 0.3 is 0 Å². The second-order valence-electron chi connectivity index (χ2n) is 6.72. The number of piperidine rings is 1. The van der Waals surface area contributed by atoms with Crippen molar-refractivity contribution in [3.05, 3.63) is 47.2 Å². The van der Waals surface area contributed by atoms with E-state index in [0.29, 0.717) is 41.6 Å². The predicted molar refractivity (Wildman–Crippen MR) is 93.4 cm³/mol. The summed E-state index contributed by atoms with van der Waals surface area (Å²) in [7, 11) is 0. The molecule has 1 saturated heterocycles. The third kappa shape index (κ3) is 3.44. The molecule has 1 fully saturated rings. The molecule has 3 aromatic rings. The predicted octanol–water partition coefficient (Wildman–Crippen LogP) is 2.56. The number of nitrogens with zero attached hydrogens (tertiary/aromatic N) is 6. The van der Waals surface area contributed by atoms with Gasteiger partial charge < -0.3 is 9.42 Å². The van der Waals surface area contributed by atoms with Gasteiger partial charge in [-0.2, -0.15) is 4.98 Å². The fourth-order valence-corrected chi connectivity index (χ4v) is 3.20. The molecule has 3 heterocycles. The molecule has 1 aromatic carbocycles. The quantitative estimate of drug-likeness (QED) is 0.704. The van der Waals surface area contributed by atoms with Gasteiger partial charge in [0.1, 0.15) is 5.82 Å². The molecule has 0 atom stereocenters. The lowest BCUT2D eigenvalue weighted by Crippen LogP contribution is -2.39. The van der Waals surface area contributed by atoms with E-state index in [4.69, 9.17) is 4.52 Å². The SMILES string of the molecule is Cc1noc(-c2cn(C3CCN(C(=O)c4ccc(C)c(F)c4)CC3)nn2)n1. The number of carbonyl (C=O) groups is 1. The third-order valence-electron chi connectivity index (χ3n) is 4.80. The molecule has 140 valence electrons. The third-order valence-corrected chi connectivity index (χ3v) is 4.80. The van der Waals surface area contributed by atoms with E-state index >= 15 is 0 Å². The molecule has 1 aliphatic rings. The van der Waals surface area contributed by atoms with E-state index in [9.17, 15) is 9.18 Å². The van der Waals surface area contributed by atoms with Gasteiger partial charge in [0.05, 0.1) is 12.2 Å². The van der Waals surface area contributed by atoms with Gasteiger partial charge in [0.15, 0.2) is 11.5 Å². The van der Waals surface area contributed by atoms with Crippen LogP contribution in [0.15, 0.2) is 28.9 Å². The van der Waals surface area contributed by atoms with Crippen LogP contribution in [0, 0.1) is 19.7 Å². The number of hydrogen-bond donors (Lipinski definition) is 0. The molecule has 9 heteroatoms. The second-order valence-corrected chi connectivity index (χ2v) is 6.72. The van der Waals surface area contributed by atoms with Gasteiger partial charge in [-0.15, -0.1) is 5.10 Å². The summed E-state index contributed by atoms with van der Waals surface area (Å²) in [5, 5.41) is 12.0. The van der Waals surface area contributed by atoms with Crippen molar-refractivity contribution in [2.75, 3.05) is 13.1 Å². The summed E-state index contributed by atoms with van der Waals surface area (Å²) in [6.07, 6.45) is 3.27. The van der Waals surface area contributed by atoms with E-state index in [1.165, 1.54) is 6.07 Å². The molecule has 1 aliphatic heterocycles. The topological polar surface area (TPSA) is 89.9 Å². The minimum Gasteiger partial charge on any atom is -0.338 e. The van der Waals surface area contributed by atoms with E-state index in [-0.39, 0.29) is 17.8 Å².